The van der Waals surface area contributed by atoms with Crippen LogP contribution in [-0.2, 0) is 4.79 Å². The topological polar surface area (TPSA) is 59.8 Å². The van der Waals surface area contributed by atoms with Gasteiger partial charge in [0.2, 0.25) is 5.91 Å². The van der Waals surface area contributed by atoms with Crippen molar-refractivity contribution in [1.82, 2.24) is 14.8 Å². The number of benzene rings is 2. The average Bonchev–Trinajstić information content (AvgIpc) is 2.98. The van der Waals surface area contributed by atoms with Gasteiger partial charge < -0.3 is 5.32 Å². The molecule has 0 spiro atoms. The second-order valence-corrected chi connectivity index (χ2v) is 7.83. The molecule has 0 fully saturated rings. The van der Waals surface area contributed by atoms with E-state index in [0.717, 1.165) is 28.3 Å². The summed E-state index contributed by atoms with van der Waals surface area (Å²) >= 11 is 7.32. The summed E-state index contributed by atoms with van der Waals surface area (Å²) in [4.78, 5) is 12.5. The van der Waals surface area contributed by atoms with Crippen LogP contribution in [-0.4, -0.2) is 26.4 Å². The fraction of sp³-hybridized carbons (Fsp3) is 0.250. The lowest BCUT2D eigenvalue weighted by Gasteiger charge is -2.13. The highest BCUT2D eigenvalue weighted by Crippen LogP contribution is 2.25. The van der Waals surface area contributed by atoms with E-state index in [9.17, 15) is 4.79 Å². The summed E-state index contributed by atoms with van der Waals surface area (Å²) in [6.07, 6.45) is 0. The quantitative estimate of drug-likeness (QED) is 0.619. The summed E-state index contributed by atoms with van der Waals surface area (Å²) < 4.78 is 1.91. The van der Waals surface area contributed by atoms with E-state index in [-0.39, 0.29) is 11.7 Å². The number of carbonyl (C=O) groups excluding carboxylic acids is 1. The Morgan fingerprint density at radius 2 is 1.70 bits per heavy atom. The van der Waals surface area contributed by atoms with E-state index in [4.69, 9.17) is 11.6 Å². The maximum Gasteiger partial charge on any atom is 0.234 e. The Kier molecular flexibility index (Phi) is 5.87. The molecule has 140 valence electrons. The van der Waals surface area contributed by atoms with Gasteiger partial charge in [0.15, 0.2) is 5.16 Å². The first kappa shape index (κ1) is 19.5. The smallest absolute Gasteiger partial charge is 0.234 e. The summed E-state index contributed by atoms with van der Waals surface area (Å²) in [7, 11) is 0. The van der Waals surface area contributed by atoms with Crippen molar-refractivity contribution in [2.45, 2.75) is 32.9 Å². The Bertz CT molecular complexity index is 959. The molecule has 0 saturated carbocycles. The lowest BCUT2D eigenvalue weighted by Crippen LogP contribution is -2.16. The molecule has 0 unspecified atom stereocenters. The number of nitrogens with one attached hydrogen (secondary N) is 1. The van der Waals surface area contributed by atoms with Crippen LogP contribution in [0.15, 0.2) is 41.6 Å². The maximum absolute atomic E-state index is 12.5. The molecule has 2 aromatic carbocycles. The minimum atomic E-state index is -0.0710. The van der Waals surface area contributed by atoms with Gasteiger partial charge in [-0.1, -0.05) is 41.1 Å². The van der Waals surface area contributed by atoms with Crippen LogP contribution < -0.4 is 5.32 Å². The number of anilines is 1. The van der Waals surface area contributed by atoms with Gasteiger partial charge in [-0.05, 0) is 63.1 Å². The maximum atomic E-state index is 12.5. The van der Waals surface area contributed by atoms with Gasteiger partial charge in [0, 0.05) is 16.4 Å². The highest BCUT2D eigenvalue weighted by molar-refractivity contribution is 7.99. The van der Waals surface area contributed by atoms with Crippen molar-refractivity contribution in [1.29, 1.82) is 0 Å². The predicted octanol–water partition coefficient (Wildman–Crippen LogP) is 4.89. The number of nitrogens with zero attached hydrogens (tertiary/aromatic N) is 3. The van der Waals surface area contributed by atoms with E-state index in [1.807, 2.05) is 56.5 Å². The first-order chi connectivity index (χ1) is 12.8. The fourth-order valence-electron chi connectivity index (χ4n) is 3.01. The molecule has 0 aliphatic carbocycles. The van der Waals surface area contributed by atoms with Crippen molar-refractivity contribution in [2.24, 2.45) is 0 Å². The summed E-state index contributed by atoms with van der Waals surface area (Å²) in [6.45, 7) is 7.94. The summed E-state index contributed by atoms with van der Waals surface area (Å²) in [6, 6.07) is 11.6. The zero-order valence-electron chi connectivity index (χ0n) is 15.7. The number of hydrogen-bond acceptors (Lipinski definition) is 4. The molecule has 1 heterocycles. The lowest BCUT2D eigenvalue weighted by atomic mass is 10.1. The van der Waals surface area contributed by atoms with Crippen LogP contribution >= 0.6 is 23.4 Å². The van der Waals surface area contributed by atoms with Crippen molar-refractivity contribution in [3.63, 3.8) is 0 Å². The van der Waals surface area contributed by atoms with E-state index >= 15 is 0 Å². The number of rotatable bonds is 5. The van der Waals surface area contributed by atoms with Gasteiger partial charge in [-0.15, -0.1) is 10.2 Å². The monoisotopic (exact) mass is 400 g/mol. The summed E-state index contributed by atoms with van der Waals surface area (Å²) in [5.41, 5.74) is 5.09. The van der Waals surface area contributed by atoms with Gasteiger partial charge in [-0.3, -0.25) is 9.36 Å². The van der Waals surface area contributed by atoms with Crippen LogP contribution in [0, 0.1) is 27.7 Å². The van der Waals surface area contributed by atoms with Crippen molar-refractivity contribution in [3.8, 4) is 5.69 Å². The second kappa shape index (κ2) is 8.15. The van der Waals surface area contributed by atoms with Crippen molar-refractivity contribution < 1.29 is 4.79 Å². The van der Waals surface area contributed by atoms with Gasteiger partial charge >= 0.3 is 0 Å². The standard InChI is InChI=1S/C20H21ClN4OS/c1-12-9-13(2)19(14(3)10-12)22-18(26)11-27-20-24-23-15(4)25(20)17-7-5-16(21)6-8-17/h5-10H,11H2,1-4H3,(H,22,26). The molecule has 1 aromatic heterocycles. The fourth-order valence-corrected chi connectivity index (χ4v) is 3.93. The lowest BCUT2D eigenvalue weighted by molar-refractivity contribution is -0.113. The zero-order valence-corrected chi connectivity index (χ0v) is 17.3. The molecule has 0 aliphatic rings. The molecule has 5 nitrogen and oxygen atoms in total. The SMILES string of the molecule is Cc1cc(C)c(NC(=O)CSc2nnc(C)n2-c2ccc(Cl)cc2)c(C)c1. The molecule has 1 amide bonds. The van der Waals surface area contributed by atoms with Crippen LogP contribution in [0.3, 0.4) is 0 Å². The molecular formula is C20H21ClN4OS. The van der Waals surface area contributed by atoms with Crippen LogP contribution in [0.2, 0.25) is 5.02 Å². The van der Waals surface area contributed by atoms with E-state index in [2.05, 4.69) is 27.6 Å². The Morgan fingerprint density at radius 3 is 2.33 bits per heavy atom. The molecule has 0 atom stereocenters. The van der Waals surface area contributed by atoms with Gasteiger partial charge in [-0.25, -0.2) is 0 Å². The Hall–Kier alpha value is -2.31. The van der Waals surface area contributed by atoms with Crippen LogP contribution in [0.5, 0.6) is 0 Å². The van der Waals surface area contributed by atoms with Crippen LogP contribution in [0.1, 0.15) is 22.5 Å². The van der Waals surface area contributed by atoms with Crippen LogP contribution in [0.25, 0.3) is 5.69 Å². The molecule has 3 aromatic rings. The number of halogens is 1. The highest BCUT2D eigenvalue weighted by atomic mass is 35.5. The van der Waals surface area contributed by atoms with Crippen molar-refractivity contribution in [3.05, 3.63) is 63.9 Å². The van der Waals surface area contributed by atoms with Gasteiger partial charge in [-0.2, -0.15) is 0 Å². The number of hydrogen-bond donors (Lipinski definition) is 1. The number of thioether (sulfide) groups is 1. The van der Waals surface area contributed by atoms with Crippen LogP contribution in [0.4, 0.5) is 5.69 Å². The van der Waals surface area contributed by atoms with Gasteiger partial charge in [0.1, 0.15) is 5.82 Å². The molecule has 0 aliphatic heterocycles. The summed E-state index contributed by atoms with van der Waals surface area (Å²) in [5.74, 6) is 0.933. The highest BCUT2D eigenvalue weighted by Gasteiger charge is 2.14. The first-order valence-corrected chi connectivity index (χ1v) is 9.90. The Balaban J connectivity index is 1.73. The third-order valence-electron chi connectivity index (χ3n) is 4.15. The van der Waals surface area contributed by atoms with Crippen molar-refractivity contribution >= 4 is 35.0 Å². The third-order valence-corrected chi connectivity index (χ3v) is 5.33. The molecule has 0 radical (unpaired) electrons. The Labute approximate surface area is 168 Å². The molecule has 0 bridgehead atoms. The number of carbonyl (C=O) groups is 1. The normalized spacial score (nSPS) is 10.9. The molecular weight excluding hydrogens is 380 g/mol. The number of aromatic nitrogens is 3. The van der Waals surface area contributed by atoms with Gasteiger partial charge in [0.05, 0.1) is 5.75 Å². The average molecular weight is 401 g/mol. The molecule has 3 rings (SSSR count). The number of aryl methyl sites for hydroxylation is 4. The van der Waals surface area contributed by atoms with E-state index in [0.29, 0.717) is 10.2 Å². The van der Waals surface area contributed by atoms with E-state index in [1.54, 1.807) is 0 Å². The Morgan fingerprint density at radius 1 is 1.07 bits per heavy atom. The van der Waals surface area contributed by atoms with E-state index in [1.165, 1.54) is 17.3 Å². The molecule has 1 N–H and O–H groups in total. The van der Waals surface area contributed by atoms with Gasteiger partial charge in [0.25, 0.3) is 0 Å². The minimum absolute atomic E-state index is 0.0710. The minimum Gasteiger partial charge on any atom is -0.325 e. The van der Waals surface area contributed by atoms with Crippen molar-refractivity contribution in [2.75, 3.05) is 11.1 Å². The zero-order chi connectivity index (χ0) is 19.6. The summed E-state index contributed by atoms with van der Waals surface area (Å²) in [5, 5.41) is 12.7. The molecule has 7 heteroatoms. The molecule has 27 heavy (non-hydrogen) atoms. The second-order valence-electron chi connectivity index (χ2n) is 6.45. The molecule has 0 saturated heterocycles. The first-order valence-electron chi connectivity index (χ1n) is 8.53. The predicted molar refractivity (Wildman–Crippen MR) is 111 cm³/mol. The van der Waals surface area contributed by atoms with E-state index < -0.39 is 0 Å². The largest absolute Gasteiger partial charge is 0.325 e. The number of amides is 1. The third kappa shape index (κ3) is 4.51.